The third kappa shape index (κ3) is 4.08. The maximum atomic E-state index is 13.3. The SMILES string of the molecule is COC(C)CNCc1ccc([N+](=O)[O-])c(F)c1. The van der Waals surface area contributed by atoms with Crippen molar-refractivity contribution >= 4 is 5.69 Å². The van der Waals surface area contributed by atoms with Crippen molar-refractivity contribution in [3.05, 3.63) is 39.7 Å². The zero-order chi connectivity index (χ0) is 12.8. The van der Waals surface area contributed by atoms with E-state index < -0.39 is 16.4 Å². The lowest BCUT2D eigenvalue weighted by Gasteiger charge is -2.10. The Labute approximate surface area is 98.7 Å². The van der Waals surface area contributed by atoms with Crippen LogP contribution >= 0.6 is 0 Å². The summed E-state index contributed by atoms with van der Waals surface area (Å²) in [6.07, 6.45) is 0.0675. The minimum atomic E-state index is -0.811. The first kappa shape index (κ1) is 13.5. The van der Waals surface area contributed by atoms with Gasteiger partial charge in [-0.3, -0.25) is 10.1 Å². The summed E-state index contributed by atoms with van der Waals surface area (Å²) in [5, 5.41) is 13.5. The number of nitro groups is 1. The van der Waals surface area contributed by atoms with Gasteiger partial charge < -0.3 is 10.1 Å². The lowest BCUT2D eigenvalue weighted by Crippen LogP contribution is -2.25. The van der Waals surface area contributed by atoms with Crippen molar-refractivity contribution in [1.82, 2.24) is 5.32 Å². The van der Waals surface area contributed by atoms with Gasteiger partial charge in [0.15, 0.2) is 0 Å². The number of methoxy groups -OCH3 is 1. The number of benzene rings is 1. The van der Waals surface area contributed by atoms with Crippen LogP contribution in [0, 0.1) is 15.9 Å². The predicted octanol–water partition coefficient (Wildman–Crippen LogP) is 1.86. The number of ether oxygens (including phenoxy) is 1. The van der Waals surface area contributed by atoms with E-state index in [1.54, 1.807) is 7.11 Å². The van der Waals surface area contributed by atoms with Crippen molar-refractivity contribution in [2.24, 2.45) is 0 Å². The summed E-state index contributed by atoms with van der Waals surface area (Å²) in [6, 6.07) is 3.88. The molecule has 0 saturated carbocycles. The van der Waals surface area contributed by atoms with Crippen LogP contribution in [0.4, 0.5) is 10.1 Å². The van der Waals surface area contributed by atoms with Crippen LogP contribution in [0.15, 0.2) is 18.2 Å². The molecule has 0 amide bonds. The van der Waals surface area contributed by atoms with Crippen molar-refractivity contribution in [1.29, 1.82) is 0 Å². The van der Waals surface area contributed by atoms with Crippen LogP contribution in [0.2, 0.25) is 0 Å². The van der Waals surface area contributed by atoms with Crippen LogP contribution in [0.1, 0.15) is 12.5 Å². The topological polar surface area (TPSA) is 64.4 Å². The van der Waals surface area contributed by atoms with Gasteiger partial charge >= 0.3 is 5.69 Å². The first-order chi connectivity index (χ1) is 8.04. The normalized spacial score (nSPS) is 12.4. The Hall–Kier alpha value is -1.53. The molecule has 1 unspecified atom stereocenters. The number of hydrogen-bond donors (Lipinski definition) is 1. The highest BCUT2D eigenvalue weighted by Gasteiger charge is 2.13. The van der Waals surface area contributed by atoms with Crippen molar-refractivity contribution in [2.45, 2.75) is 19.6 Å². The summed E-state index contributed by atoms with van der Waals surface area (Å²) < 4.78 is 18.3. The van der Waals surface area contributed by atoms with Crippen LogP contribution < -0.4 is 5.32 Å². The zero-order valence-corrected chi connectivity index (χ0v) is 9.77. The molecule has 5 nitrogen and oxygen atoms in total. The van der Waals surface area contributed by atoms with E-state index >= 15 is 0 Å². The number of nitrogens with one attached hydrogen (secondary N) is 1. The van der Waals surface area contributed by atoms with E-state index in [2.05, 4.69) is 5.32 Å². The largest absolute Gasteiger partial charge is 0.380 e. The molecule has 1 rings (SSSR count). The molecule has 0 spiro atoms. The molecule has 6 heteroatoms. The molecule has 0 heterocycles. The molecule has 0 aromatic heterocycles. The molecular formula is C11H15FN2O3. The Morgan fingerprint density at radius 3 is 2.82 bits per heavy atom. The number of hydrogen-bond acceptors (Lipinski definition) is 4. The van der Waals surface area contributed by atoms with Gasteiger partial charge in [0, 0.05) is 26.3 Å². The predicted molar refractivity (Wildman–Crippen MR) is 61.2 cm³/mol. The number of rotatable bonds is 6. The summed E-state index contributed by atoms with van der Waals surface area (Å²) in [5.74, 6) is -0.811. The number of halogens is 1. The van der Waals surface area contributed by atoms with Crippen LogP contribution in [0.25, 0.3) is 0 Å². The second-order valence-electron chi connectivity index (χ2n) is 3.72. The molecule has 0 aliphatic carbocycles. The monoisotopic (exact) mass is 242 g/mol. The molecule has 1 N–H and O–H groups in total. The van der Waals surface area contributed by atoms with Gasteiger partial charge in [-0.25, -0.2) is 0 Å². The van der Waals surface area contributed by atoms with Crippen LogP contribution in [-0.2, 0) is 11.3 Å². The summed E-state index contributed by atoms with van der Waals surface area (Å²) in [7, 11) is 1.61. The minimum Gasteiger partial charge on any atom is -0.380 e. The quantitative estimate of drug-likeness (QED) is 0.611. The number of nitro benzene ring substituents is 1. The maximum absolute atomic E-state index is 13.3. The molecule has 0 aliphatic heterocycles. The van der Waals surface area contributed by atoms with E-state index in [0.29, 0.717) is 18.7 Å². The van der Waals surface area contributed by atoms with Gasteiger partial charge in [-0.05, 0) is 18.6 Å². The van der Waals surface area contributed by atoms with Gasteiger partial charge in [0.25, 0.3) is 0 Å². The highest BCUT2D eigenvalue weighted by atomic mass is 19.1. The second-order valence-corrected chi connectivity index (χ2v) is 3.72. The molecular weight excluding hydrogens is 227 g/mol. The summed E-state index contributed by atoms with van der Waals surface area (Å²) >= 11 is 0. The Morgan fingerprint density at radius 1 is 1.59 bits per heavy atom. The first-order valence-electron chi connectivity index (χ1n) is 5.21. The van der Waals surface area contributed by atoms with Gasteiger partial charge in [0.05, 0.1) is 11.0 Å². The van der Waals surface area contributed by atoms with Gasteiger partial charge in [-0.1, -0.05) is 6.07 Å². The van der Waals surface area contributed by atoms with Crippen molar-refractivity contribution in [2.75, 3.05) is 13.7 Å². The molecule has 1 aromatic carbocycles. The fourth-order valence-corrected chi connectivity index (χ4v) is 1.31. The van der Waals surface area contributed by atoms with Gasteiger partial charge in [-0.15, -0.1) is 0 Å². The lowest BCUT2D eigenvalue weighted by atomic mass is 10.2. The molecule has 0 saturated heterocycles. The Kier molecular flexibility index (Phi) is 4.99. The Balaban J connectivity index is 2.56. The second kappa shape index (κ2) is 6.27. The summed E-state index contributed by atoms with van der Waals surface area (Å²) in [4.78, 5) is 9.67. The molecule has 17 heavy (non-hydrogen) atoms. The third-order valence-electron chi connectivity index (χ3n) is 2.37. The first-order valence-corrected chi connectivity index (χ1v) is 5.21. The smallest absolute Gasteiger partial charge is 0.304 e. The molecule has 0 fully saturated rings. The van der Waals surface area contributed by atoms with Crippen LogP contribution in [-0.4, -0.2) is 24.7 Å². The summed E-state index contributed by atoms with van der Waals surface area (Å²) in [6.45, 7) is 2.99. The molecule has 0 radical (unpaired) electrons. The molecule has 0 bridgehead atoms. The van der Waals surface area contributed by atoms with Crippen molar-refractivity contribution in [3.8, 4) is 0 Å². The lowest BCUT2D eigenvalue weighted by molar-refractivity contribution is -0.387. The summed E-state index contributed by atoms with van der Waals surface area (Å²) in [5.41, 5.74) is 0.162. The van der Waals surface area contributed by atoms with E-state index in [0.717, 1.165) is 0 Å². The minimum absolute atomic E-state index is 0.0675. The van der Waals surface area contributed by atoms with E-state index in [1.165, 1.54) is 18.2 Å². The third-order valence-corrected chi connectivity index (χ3v) is 2.37. The standard InChI is InChI=1S/C11H15FN2O3/c1-8(17-2)6-13-7-9-3-4-11(14(15)16)10(12)5-9/h3-5,8,13H,6-7H2,1-2H3. The molecule has 94 valence electrons. The maximum Gasteiger partial charge on any atom is 0.304 e. The fourth-order valence-electron chi connectivity index (χ4n) is 1.31. The average Bonchev–Trinajstić information content (AvgIpc) is 2.28. The molecule has 0 aliphatic rings. The number of nitrogens with zero attached hydrogens (tertiary/aromatic N) is 1. The van der Waals surface area contributed by atoms with E-state index in [4.69, 9.17) is 4.74 Å². The zero-order valence-electron chi connectivity index (χ0n) is 9.77. The Bertz CT molecular complexity index is 398. The highest BCUT2D eigenvalue weighted by molar-refractivity contribution is 5.34. The highest BCUT2D eigenvalue weighted by Crippen LogP contribution is 2.17. The van der Waals surface area contributed by atoms with Gasteiger partial charge in [-0.2, -0.15) is 4.39 Å². The fraction of sp³-hybridized carbons (Fsp3) is 0.455. The van der Waals surface area contributed by atoms with Gasteiger partial charge in [0.2, 0.25) is 5.82 Å². The van der Waals surface area contributed by atoms with E-state index in [1.807, 2.05) is 6.92 Å². The molecule has 1 aromatic rings. The van der Waals surface area contributed by atoms with E-state index in [9.17, 15) is 14.5 Å². The van der Waals surface area contributed by atoms with Crippen molar-refractivity contribution in [3.63, 3.8) is 0 Å². The average molecular weight is 242 g/mol. The van der Waals surface area contributed by atoms with Crippen molar-refractivity contribution < 1.29 is 14.1 Å². The van der Waals surface area contributed by atoms with E-state index in [-0.39, 0.29) is 6.10 Å². The van der Waals surface area contributed by atoms with Crippen LogP contribution in [0.3, 0.4) is 0 Å². The molecule has 1 atom stereocenters. The van der Waals surface area contributed by atoms with Crippen LogP contribution in [0.5, 0.6) is 0 Å². The van der Waals surface area contributed by atoms with Gasteiger partial charge in [0.1, 0.15) is 0 Å². The Morgan fingerprint density at radius 2 is 2.29 bits per heavy atom.